The number of rotatable bonds is 3. The van der Waals surface area contributed by atoms with Crippen molar-refractivity contribution in [2.75, 3.05) is 14.1 Å². The van der Waals surface area contributed by atoms with Crippen LogP contribution >= 0.6 is 0 Å². The average Bonchev–Trinajstić information content (AvgIpc) is 1.61. The van der Waals surface area contributed by atoms with Crippen LogP contribution in [-0.4, -0.2) is 33.9 Å². The predicted molar refractivity (Wildman–Crippen MR) is 35.9 cm³/mol. The zero-order chi connectivity index (χ0) is 5.70. The Bertz CT molecular complexity index is 37.1. The van der Waals surface area contributed by atoms with Crippen LogP contribution in [0.2, 0.25) is 5.21 Å². The predicted octanol–water partition coefficient (Wildman–Crippen LogP) is 0.728. The molecule has 7 heavy (non-hydrogen) atoms. The SMILES string of the molecule is CCC[AsH]N(C)C. The van der Waals surface area contributed by atoms with E-state index in [9.17, 15) is 0 Å². The molecule has 1 nitrogen and oxygen atoms in total. The van der Waals surface area contributed by atoms with Crippen molar-refractivity contribution in [1.29, 1.82) is 0 Å². The fourth-order valence-electron chi connectivity index (χ4n) is 0.335. The van der Waals surface area contributed by atoms with Crippen LogP contribution in [-0.2, 0) is 0 Å². The number of hydrogen-bond acceptors (Lipinski definition) is 1. The molecule has 0 bridgehead atoms. The molecule has 0 saturated heterocycles. The van der Waals surface area contributed by atoms with Crippen molar-refractivity contribution in [3.8, 4) is 0 Å². The van der Waals surface area contributed by atoms with Crippen molar-refractivity contribution in [2.24, 2.45) is 0 Å². The minimum atomic E-state index is 0.285. The van der Waals surface area contributed by atoms with Gasteiger partial charge in [0.2, 0.25) is 0 Å². The van der Waals surface area contributed by atoms with Crippen molar-refractivity contribution < 1.29 is 0 Å². The van der Waals surface area contributed by atoms with Crippen LogP contribution in [0, 0.1) is 0 Å². The normalized spacial score (nSPS) is 12.0. The van der Waals surface area contributed by atoms with E-state index < -0.39 is 0 Å². The molecule has 1 unspecified atom stereocenters. The molecule has 0 saturated carbocycles. The molecule has 0 aliphatic carbocycles. The van der Waals surface area contributed by atoms with Crippen LogP contribution in [0.1, 0.15) is 13.3 Å². The summed E-state index contributed by atoms with van der Waals surface area (Å²) < 4.78 is 2.34. The third-order valence-corrected chi connectivity index (χ3v) is 3.52. The van der Waals surface area contributed by atoms with Gasteiger partial charge in [-0.2, -0.15) is 0 Å². The van der Waals surface area contributed by atoms with Gasteiger partial charge >= 0.3 is 52.4 Å². The van der Waals surface area contributed by atoms with E-state index in [0.29, 0.717) is 0 Å². The van der Waals surface area contributed by atoms with E-state index in [1.807, 2.05) is 0 Å². The first-order valence-electron chi connectivity index (χ1n) is 2.68. The minimum absolute atomic E-state index is 0.285. The van der Waals surface area contributed by atoms with Crippen LogP contribution < -0.4 is 0 Å². The molecule has 0 rings (SSSR count). The Morgan fingerprint density at radius 3 is 2.14 bits per heavy atom. The molecule has 0 aromatic carbocycles. The van der Waals surface area contributed by atoms with E-state index >= 15 is 0 Å². The van der Waals surface area contributed by atoms with E-state index in [4.69, 9.17) is 0 Å². The van der Waals surface area contributed by atoms with Gasteiger partial charge in [0, 0.05) is 0 Å². The molecule has 1 atom stereocenters. The summed E-state index contributed by atoms with van der Waals surface area (Å²) in [6.07, 6.45) is 1.36. The molecule has 0 aromatic rings. The Labute approximate surface area is 53.0 Å². The summed E-state index contributed by atoms with van der Waals surface area (Å²) in [5, 5.41) is 1.45. The fourth-order valence-corrected chi connectivity index (χ4v) is 1.74. The molecule has 0 spiro atoms. The molecule has 0 amide bonds. The van der Waals surface area contributed by atoms with Crippen molar-refractivity contribution in [2.45, 2.75) is 18.6 Å². The summed E-state index contributed by atoms with van der Waals surface area (Å²) in [6, 6.07) is 0. The van der Waals surface area contributed by atoms with Gasteiger partial charge in [-0.3, -0.25) is 0 Å². The van der Waals surface area contributed by atoms with Gasteiger partial charge in [-0.15, -0.1) is 0 Å². The molecule has 0 N–H and O–H groups in total. The van der Waals surface area contributed by atoms with Crippen molar-refractivity contribution in [1.82, 2.24) is 3.82 Å². The Morgan fingerprint density at radius 1 is 1.43 bits per heavy atom. The molecule has 0 aliphatic heterocycles. The average molecular weight is 163 g/mol. The van der Waals surface area contributed by atoms with Crippen LogP contribution in [0.25, 0.3) is 0 Å². The molecule has 0 heterocycles. The van der Waals surface area contributed by atoms with Crippen LogP contribution in [0.3, 0.4) is 0 Å². The summed E-state index contributed by atoms with van der Waals surface area (Å²) in [4.78, 5) is 0. The summed E-state index contributed by atoms with van der Waals surface area (Å²) >= 11 is 0.285. The maximum atomic E-state index is 2.34. The van der Waals surface area contributed by atoms with Gasteiger partial charge in [-0.1, -0.05) is 0 Å². The molecular weight excluding hydrogens is 149 g/mol. The molecule has 0 aliphatic rings. The topological polar surface area (TPSA) is 3.24 Å². The third kappa shape index (κ3) is 6.52. The van der Waals surface area contributed by atoms with Crippen molar-refractivity contribution >= 4 is 16.0 Å². The number of nitrogens with zero attached hydrogens (tertiary/aromatic N) is 1. The fraction of sp³-hybridized carbons (Fsp3) is 1.00. The van der Waals surface area contributed by atoms with Gasteiger partial charge in [-0.05, 0) is 0 Å². The molecule has 0 radical (unpaired) electrons. The summed E-state index contributed by atoms with van der Waals surface area (Å²) in [5.74, 6) is 0. The number of hydrogen-bond donors (Lipinski definition) is 0. The van der Waals surface area contributed by atoms with Crippen LogP contribution in [0.15, 0.2) is 0 Å². The van der Waals surface area contributed by atoms with Gasteiger partial charge in [0.05, 0.1) is 0 Å². The van der Waals surface area contributed by atoms with Gasteiger partial charge in [-0.25, -0.2) is 0 Å². The van der Waals surface area contributed by atoms with Crippen molar-refractivity contribution in [3.05, 3.63) is 0 Å². The molecule has 0 aromatic heterocycles. The monoisotopic (exact) mass is 163 g/mol. The quantitative estimate of drug-likeness (QED) is 0.554. The first-order valence-corrected chi connectivity index (χ1v) is 5.10. The second kappa shape index (κ2) is 4.67. The first-order chi connectivity index (χ1) is 3.27. The Balaban J connectivity index is 2.68. The van der Waals surface area contributed by atoms with E-state index in [0.717, 1.165) is 0 Å². The molecule has 44 valence electrons. The van der Waals surface area contributed by atoms with Gasteiger partial charge in [0.1, 0.15) is 0 Å². The van der Waals surface area contributed by atoms with Gasteiger partial charge in [0.25, 0.3) is 0 Å². The first kappa shape index (κ1) is 7.52. The zero-order valence-electron chi connectivity index (χ0n) is 5.36. The van der Waals surface area contributed by atoms with Crippen LogP contribution in [0.5, 0.6) is 0 Å². The van der Waals surface area contributed by atoms with Crippen LogP contribution in [0.4, 0.5) is 0 Å². The van der Waals surface area contributed by atoms with E-state index in [-0.39, 0.29) is 16.0 Å². The Kier molecular flexibility index (Phi) is 5.02. The molecular formula is C5H14AsN. The Morgan fingerprint density at radius 2 is 2.00 bits per heavy atom. The van der Waals surface area contributed by atoms with E-state index in [1.54, 1.807) is 0 Å². The molecule has 0 fully saturated rings. The summed E-state index contributed by atoms with van der Waals surface area (Å²) in [5.41, 5.74) is 0. The van der Waals surface area contributed by atoms with Gasteiger partial charge < -0.3 is 0 Å². The van der Waals surface area contributed by atoms with Gasteiger partial charge in [0.15, 0.2) is 0 Å². The Hall–Kier alpha value is 0.518. The second-order valence-corrected chi connectivity index (χ2v) is 5.39. The third-order valence-electron chi connectivity index (χ3n) is 0.678. The maximum absolute atomic E-state index is 2.34. The summed E-state index contributed by atoms with van der Waals surface area (Å²) in [6.45, 7) is 2.24. The standard InChI is InChI=1S/C5H14AsN/c1-4-5-6-7(2)3/h6H,4-5H2,1-3H3. The second-order valence-electron chi connectivity index (χ2n) is 1.80. The molecule has 2 heteroatoms. The summed E-state index contributed by atoms with van der Waals surface area (Å²) in [7, 11) is 4.32. The van der Waals surface area contributed by atoms with E-state index in [2.05, 4.69) is 24.8 Å². The van der Waals surface area contributed by atoms with E-state index in [1.165, 1.54) is 11.6 Å². The zero-order valence-corrected chi connectivity index (χ0v) is 7.46. The van der Waals surface area contributed by atoms with Crippen molar-refractivity contribution in [3.63, 3.8) is 0 Å².